The molecule has 9 nitrogen and oxygen atoms in total. The van der Waals surface area contributed by atoms with Crippen LogP contribution in [0, 0.1) is 11.3 Å². The molecule has 1 saturated heterocycles. The van der Waals surface area contributed by atoms with Gasteiger partial charge in [0.05, 0.1) is 18.2 Å². The third-order valence-corrected chi connectivity index (χ3v) is 4.28. The number of piperazine rings is 1. The molecule has 0 aliphatic carbocycles. The van der Waals surface area contributed by atoms with Gasteiger partial charge < -0.3 is 19.9 Å². The van der Waals surface area contributed by atoms with Crippen molar-refractivity contribution in [2.24, 2.45) is 0 Å². The van der Waals surface area contributed by atoms with E-state index < -0.39 is 0 Å². The molecule has 1 fully saturated rings. The lowest BCUT2D eigenvalue weighted by Crippen LogP contribution is -2.49. The number of hydrogen-bond donors (Lipinski definition) is 1. The number of carbonyl (C=O) groups excluding carboxylic acids is 2. The Hall–Kier alpha value is -3.67. The quantitative estimate of drug-likeness (QED) is 0.862. The molecule has 3 rings (SSSR count). The van der Waals surface area contributed by atoms with Crippen LogP contribution in [0.4, 0.5) is 16.3 Å². The summed E-state index contributed by atoms with van der Waals surface area (Å²) in [4.78, 5) is 27.7. The first-order chi connectivity index (χ1) is 13.6. The van der Waals surface area contributed by atoms with Crippen molar-refractivity contribution in [1.29, 1.82) is 5.26 Å². The highest BCUT2D eigenvalue weighted by atomic mass is 16.6. The van der Waals surface area contributed by atoms with E-state index in [1.54, 1.807) is 48.2 Å². The first-order valence-electron chi connectivity index (χ1n) is 8.92. The number of hydrogen-bond acceptors (Lipinski definition) is 7. The monoisotopic (exact) mass is 380 g/mol. The minimum atomic E-state index is -0.379. The van der Waals surface area contributed by atoms with E-state index in [-0.39, 0.29) is 17.7 Å². The number of amides is 2. The Bertz CT molecular complexity index is 868. The lowest BCUT2D eigenvalue weighted by molar-refractivity contribution is 0.101. The minimum absolute atomic E-state index is 0.193. The van der Waals surface area contributed by atoms with Gasteiger partial charge in [0, 0.05) is 31.9 Å². The van der Waals surface area contributed by atoms with Crippen LogP contribution >= 0.6 is 0 Å². The number of benzene rings is 1. The van der Waals surface area contributed by atoms with Crippen molar-refractivity contribution in [3.8, 4) is 6.07 Å². The fourth-order valence-electron chi connectivity index (χ4n) is 2.77. The van der Waals surface area contributed by atoms with Gasteiger partial charge in [0.2, 0.25) is 0 Å². The van der Waals surface area contributed by atoms with Gasteiger partial charge in [-0.25, -0.2) is 4.79 Å². The molecule has 0 spiro atoms. The molecule has 1 aliphatic heterocycles. The van der Waals surface area contributed by atoms with Crippen molar-refractivity contribution in [3.05, 3.63) is 47.7 Å². The largest absolute Gasteiger partial charge is 0.450 e. The van der Waals surface area contributed by atoms with Gasteiger partial charge in [-0.05, 0) is 43.3 Å². The van der Waals surface area contributed by atoms with Crippen molar-refractivity contribution >= 4 is 23.5 Å². The van der Waals surface area contributed by atoms with Crippen LogP contribution in [-0.4, -0.2) is 59.9 Å². The van der Waals surface area contributed by atoms with Crippen LogP contribution in [0.3, 0.4) is 0 Å². The zero-order valence-corrected chi connectivity index (χ0v) is 15.5. The van der Waals surface area contributed by atoms with Crippen molar-refractivity contribution in [1.82, 2.24) is 15.1 Å². The highest BCUT2D eigenvalue weighted by Gasteiger charge is 2.23. The number of carbonyl (C=O) groups is 2. The second-order valence-corrected chi connectivity index (χ2v) is 6.09. The molecule has 2 heterocycles. The molecule has 1 N–H and O–H groups in total. The van der Waals surface area contributed by atoms with E-state index in [0.29, 0.717) is 49.9 Å². The van der Waals surface area contributed by atoms with Crippen LogP contribution in [0.15, 0.2) is 36.4 Å². The van der Waals surface area contributed by atoms with E-state index in [1.807, 2.05) is 11.0 Å². The topological polar surface area (TPSA) is 111 Å². The number of nitriles is 1. The van der Waals surface area contributed by atoms with Crippen LogP contribution in [0.2, 0.25) is 0 Å². The van der Waals surface area contributed by atoms with Crippen LogP contribution in [0.5, 0.6) is 0 Å². The van der Waals surface area contributed by atoms with Crippen molar-refractivity contribution in [2.45, 2.75) is 6.92 Å². The summed E-state index contributed by atoms with van der Waals surface area (Å²) in [6, 6.07) is 11.9. The van der Waals surface area contributed by atoms with Gasteiger partial charge in [-0.2, -0.15) is 5.26 Å². The Labute approximate surface area is 162 Å². The zero-order chi connectivity index (χ0) is 19.9. The molecule has 1 aromatic carbocycles. The van der Waals surface area contributed by atoms with Gasteiger partial charge in [0.25, 0.3) is 5.91 Å². The molecule has 0 atom stereocenters. The normalized spacial score (nSPS) is 13.6. The maximum atomic E-state index is 12.3. The van der Waals surface area contributed by atoms with E-state index >= 15 is 0 Å². The number of anilines is 2. The molecule has 0 bridgehead atoms. The summed E-state index contributed by atoms with van der Waals surface area (Å²) in [6.45, 7) is 4.46. The molecule has 1 aromatic heterocycles. The maximum absolute atomic E-state index is 12.3. The molecule has 2 aromatic rings. The van der Waals surface area contributed by atoms with E-state index in [2.05, 4.69) is 15.5 Å². The predicted octanol–water partition coefficient (Wildman–Crippen LogP) is 1.88. The second kappa shape index (κ2) is 8.81. The Morgan fingerprint density at radius 3 is 2.39 bits per heavy atom. The van der Waals surface area contributed by atoms with E-state index in [4.69, 9.17) is 10.00 Å². The van der Waals surface area contributed by atoms with Gasteiger partial charge in [-0.1, -0.05) is 0 Å². The lowest BCUT2D eigenvalue weighted by Gasteiger charge is -2.34. The molecule has 2 amide bonds. The standard InChI is InChI=1S/C19H20N6O3/c1-2-28-19(27)25-11-9-24(10-12-25)17-8-7-16(22-23-17)18(26)21-15-5-3-14(13-20)4-6-15/h3-8H,2,9-12H2,1H3,(H,21,26). The maximum Gasteiger partial charge on any atom is 0.409 e. The second-order valence-electron chi connectivity index (χ2n) is 6.09. The molecular formula is C19H20N6O3. The molecule has 0 unspecified atom stereocenters. The van der Waals surface area contributed by atoms with E-state index in [1.165, 1.54) is 0 Å². The summed E-state index contributed by atoms with van der Waals surface area (Å²) < 4.78 is 5.01. The predicted molar refractivity (Wildman–Crippen MR) is 102 cm³/mol. The summed E-state index contributed by atoms with van der Waals surface area (Å²) >= 11 is 0. The number of nitrogens with one attached hydrogen (secondary N) is 1. The van der Waals surface area contributed by atoms with Gasteiger partial charge >= 0.3 is 6.09 Å². The van der Waals surface area contributed by atoms with Crippen LogP contribution < -0.4 is 10.2 Å². The highest BCUT2D eigenvalue weighted by Crippen LogP contribution is 2.15. The summed E-state index contributed by atoms with van der Waals surface area (Å²) in [5.74, 6) is 0.273. The number of aromatic nitrogens is 2. The summed E-state index contributed by atoms with van der Waals surface area (Å²) in [7, 11) is 0. The van der Waals surface area contributed by atoms with Gasteiger partial charge in [0.15, 0.2) is 11.5 Å². The molecular weight excluding hydrogens is 360 g/mol. The first kappa shape index (κ1) is 19.1. The fourth-order valence-corrected chi connectivity index (χ4v) is 2.77. The van der Waals surface area contributed by atoms with Crippen LogP contribution in [-0.2, 0) is 4.74 Å². The van der Waals surface area contributed by atoms with E-state index in [0.717, 1.165) is 0 Å². The lowest BCUT2D eigenvalue weighted by atomic mass is 10.2. The number of rotatable bonds is 4. The molecule has 9 heteroatoms. The fraction of sp³-hybridized carbons (Fsp3) is 0.316. The SMILES string of the molecule is CCOC(=O)N1CCN(c2ccc(C(=O)Nc3ccc(C#N)cc3)nn2)CC1. The smallest absolute Gasteiger partial charge is 0.409 e. The van der Waals surface area contributed by atoms with Crippen molar-refractivity contribution in [2.75, 3.05) is 43.0 Å². The third kappa shape index (κ3) is 4.54. The van der Waals surface area contributed by atoms with Gasteiger partial charge in [0.1, 0.15) is 0 Å². The zero-order valence-electron chi connectivity index (χ0n) is 15.5. The first-order valence-corrected chi connectivity index (χ1v) is 8.92. The summed E-state index contributed by atoms with van der Waals surface area (Å²) in [5.41, 5.74) is 1.29. The average Bonchev–Trinajstić information content (AvgIpc) is 2.74. The molecule has 28 heavy (non-hydrogen) atoms. The molecule has 0 saturated carbocycles. The van der Waals surface area contributed by atoms with Crippen LogP contribution in [0.1, 0.15) is 23.0 Å². The Morgan fingerprint density at radius 1 is 1.11 bits per heavy atom. The van der Waals surface area contributed by atoms with Gasteiger partial charge in [-0.15, -0.1) is 10.2 Å². The van der Waals surface area contributed by atoms with Crippen molar-refractivity contribution < 1.29 is 14.3 Å². The Morgan fingerprint density at radius 2 is 1.82 bits per heavy atom. The average molecular weight is 380 g/mol. The van der Waals surface area contributed by atoms with E-state index in [9.17, 15) is 9.59 Å². The Kier molecular flexibility index (Phi) is 6.01. The van der Waals surface area contributed by atoms with Gasteiger partial charge in [-0.3, -0.25) is 4.79 Å². The Balaban J connectivity index is 1.56. The number of ether oxygens (including phenoxy) is 1. The highest BCUT2D eigenvalue weighted by molar-refractivity contribution is 6.02. The summed E-state index contributed by atoms with van der Waals surface area (Å²) in [6.07, 6.45) is -0.303. The molecule has 1 aliphatic rings. The third-order valence-electron chi connectivity index (χ3n) is 4.28. The molecule has 0 radical (unpaired) electrons. The number of nitrogens with zero attached hydrogens (tertiary/aromatic N) is 5. The van der Waals surface area contributed by atoms with Crippen molar-refractivity contribution in [3.63, 3.8) is 0 Å². The van der Waals surface area contributed by atoms with Crippen LogP contribution in [0.25, 0.3) is 0 Å². The summed E-state index contributed by atoms with van der Waals surface area (Å²) in [5, 5.41) is 19.7. The molecule has 144 valence electrons. The minimum Gasteiger partial charge on any atom is -0.450 e.